The van der Waals surface area contributed by atoms with Gasteiger partial charge in [-0.15, -0.1) is 24.8 Å². The maximum Gasteiger partial charge on any atom is 0.222 e. The van der Waals surface area contributed by atoms with E-state index in [2.05, 4.69) is 29.4 Å². The quantitative estimate of drug-likeness (QED) is 0.783. The molecule has 0 aromatic rings. The number of amides is 1. The Labute approximate surface area is 128 Å². The number of nitrogens with one attached hydrogen (secondary N) is 2. The normalized spacial score (nSPS) is 19.3. The van der Waals surface area contributed by atoms with Gasteiger partial charge in [0, 0.05) is 25.2 Å². The van der Waals surface area contributed by atoms with Gasteiger partial charge in [0.1, 0.15) is 0 Å². The number of hydrogen-bond acceptors (Lipinski definition) is 4. The molecule has 0 spiro atoms. The summed E-state index contributed by atoms with van der Waals surface area (Å²) in [5.74, 6) is 0.0635. The van der Waals surface area contributed by atoms with E-state index in [9.17, 15) is 4.79 Å². The molecule has 1 aliphatic heterocycles. The van der Waals surface area contributed by atoms with E-state index >= 15 is 0 Å². The van der Waals surface area contributed by atoms with Crippen molar-refractivity contribution >= 4 is 30.7 Å². The maximum absolute atomic E-state index is 11.7. The van der Waals surface area contributed by atoms with Crippen LogP contribution in [0.1, 0.15) is 20.3 Å². The molecule has 1 unspecified atom stereocenters. The molecule has 1 saturated heterocycles. The summed E-state index contributed by atoms with van der Waals surface area (Å²) in [6.07, 6.45) is 0.461. The van der Waals surface area contributed by atoms with E-state index in [1.165, 1.54) is 0 Å². The van der Waals surface area contributed by atoms with Gasteiger partial charge in [-0.1, -0.05) is 0 Å². The first-order valence-corrected chi connectivity index (χ1v) is 6.18. The van der Waals surface area contributed by atoms with E-state index in [1.54, 1.807) is 0 Å². The van der Waals surface area contributed by atoms with E-state index in [4.69, 9.17) is 4.74 Å². The fourth-order valence-corrected chi connectivity index (χ4v) is 1.50. The number of morpholine rings is 1. The second kappa shape index (κ2) is 9.77. The zero-order valence-corrected chi connectivity index (χ0v) is 13.8. The summed E-state index contributed by atoms with van der Waals surface area (Å²) in [5.41, 5.74) is -0.0265. The number of nitrogens with zero attached hydrogens (tertiary/aromatic N) is 1. The monoisotopic (exact) mass is 315 g/mol. The summed E-state index contributed by atoms with van der Waals surface area (Å²) >= 11 is 0. The third kappa shape index (κ3) is 7.95. The van der Waals surface area contributed by atoms with Crippen LogP contribution >= 0.6 is 24.8 Å². The maximum atomic E-state index is 11.7. The largest absolute Gasteiger partial charge is 0.375 e. The minimum atomic E-state index is -0.0265. The molecule has 1 amide bonds. The lowest BCUT2D eigenvalue weighted by atomic mass is 10.0. The fraction of sp³-hybridized carbons (Fsp3) is 0.917. The highest BCUT2D eigenvalue weighted by molar-refractivity contribution is 5.85. The molecule has 116 valence electrons. The van der Waals surface area contributed by atoms with Crippen LogP contribution in [0.5, 0.6) is 0 Å². The van der Waals surface area contributed by atoms with Crippen molar-refractivity contribution in [2.24, 2.45) is 0 Å². The molecule has 0 bridgehead atoms. The van der Waals surface area contributed by atoms with E-state index in [0.717, 1.165) is 13.1 Å². The van der Waals surface area contributed by atoms with Gasteiger partial charge in [-0.3, -0.25) is 4.79 Å². The standard InChI is InChI=1S/C12H25N3O2.2ClH/c1-12(2,15(3)4)9-14-11(16)7-10-8-13-5-6-17-10;;/h10,13H,5-9H2,1-4H3,(H,14,16);2*1H. The second-order valence-corrected chi connectivity index (χ2v) is 5.38. The average molecular weight is 316 g/mol. The number of carbonyl (C=O) groups is 1. The van der Waals surface area contributed by atoms with E-state index in [1.807, 2.05) is 14.1 Å². The molecular formula is C12H27Cl2N3O2. The van der Waals surface area contributed by atoms with E-state index < -0.39 is 0 Å². The minimum Gasteiger partial charge on any atom is -0.375 e. The van der Waals surface area contributed by atoms with Gasteiger partial charge >= 0.3 is 0 Å². The molecule has 7 heteroatoms. The number of rotatable bonds is 5. The second-order valence-electron chi connectivity index (χ2n) is 5.38. The Kier molecular flexibility index (Phi) is 10.9. The first-order chi connectivity index (χ1) is 7.92. The van der Waals surface area contributed by atoms with Crippen LogP contribution in [0, 0.1) is 0 Å². The van der Waals surface area contributed by atoms with Crippen LogP contribution in [0.4, 0.5) is 0 Å². The number of hydrogen-bond donors (Lipinski definition) is 2. The number of likely N-dealkylation sites (N-methyl/N-ethyl adjacent to an activating group) is 1. The number of halogens is 2. The molecule has 0 aromatic heterocycles. The average Bonchev–Trinajstić information content (AvgIpc) is 2.28. The van der Waals surface area contributed by atoms with Crippen molar-refractivity contribution in [2.45, 2.75) is 31.9 Å². The Morgan fingerprint density at radius 1 is 1.42 bits per heavy atom. The summed E-state index contributed by atoms with van der Waals surface area (Å²) in [5, 5.41) is 6.18. The van der Waals surface area contributed by atoms with Gasteiger partial charge in [0.15, 0.2) is 0 Å². The molecule has 1 rings (SSSR count). The molecule has 0 radical (unpaired) electrons. The molecule has 1 atom stereocenters. The third-order valence-electron chi connectivity index (χ3n) is 3.35. The Morgan fingerprint density at radius 2 is 2.05 bits per heavy atom. The van der Waals surface area contributed by atoms with Crippen LogP contribution in [0.25, 0.3) is 0 Å². The predicted molar refractivity (Wildman–Crippen MR) is 82.5 cm³/mol. The topological polar surface area (TPSA) is 53.6 Å². The highest BCUT2D eigenvalue weighted by atomic mass is 35.5. The predicted octanol–water partition coefficient (Wildman–Crippen LogP) is 0.665. The van der Waals surface area contributed by atoms with Crippen LogP contribution in [-0.4, -0.2) is 62.8 Å². The van der Waals surface area contributed by atoms with Crippen LogP contribution < -0.4 is 10.6 Å². The van der Waals surface area contributed by atoms with Gasteiger partial charge in [0.25, 0.3) is 0 Å². The molecule has 0 aliphatic carbocycles. The summed E-state index contributed by atoms with van der Waals surface area (Å²) < 4.78 is 5.49. The van der Waals surface area contributed by atoms with Crippen molar-refractivity contribution in [3.63, 3.8) is 0 Å². The van der Waals surface area contributed by atoms with Crippen molar-refractivity contribution in [1.82, 2.24) is 15.5 Å². The van der Waals surface area contributed by atoms with Crippen molar-refractivity contribution in [1.29, 1.82) is 0 Å². The number of carbonyl (C=O) groups excluding carboxylic acids is 1. The van der Waals surface area contributed by atoms with Crippen LogP contribution in [0.15, 0.2) is 0 Å². The SMILES string of the molecule is CN(C)C(C)(C)CNC(=O)CC1CNCCO1.Cl.Cl. The van der Waals surface area contributed by atoms with Crippen molar-refractivity contribution in [3.8, 4) is 0 Å². The lowest BCUT2D eigenvalue weighted by Crippen LogP contribution is -2.49. The fourth-order valence-electron chi connectivity index (χ4n) is 1.50. The highest BCUT2D eigenvalue weighted by Gasteiger charge is 2.22. The van der Waals surface area contributed by atoms with Crippen LogP contribution in [0.3, 0.4) is 0 Å². The van der Waals surface area contributed by atoms with Crippen LogP contribution in [-0.2, 0) is 9.53 Å². The Balaban J connectivity index is 0. The molecule has 0 saturated carbocycles. The van der Waals surface area contributed by atoms with Crippen molar-refractivity contribution in [2.75, 3.05) is 40.3 Å². The van der Waals surface area contributed by atoms with Gasteiger partial charge in [-0.25, -0.2) is 0 Å². The summed E-state index contributed by atoms with van der Waals surface area (Å²) in [6, 6.07) is 0. The molecule has 19 heavy (non-hydrogen) atoms. The molecule has 1 heterocycles. The minimum absolute atomic E-state index is 0. The summed E-state index contributed by atoms with van der Waals surface area (Å²) in [4.78, 5) is 13.8. The van der Waals surface area contributed by atoms with E-state index in [-0.39, 0.29) is 42.4 Å². The van der Waals surface area contributed by atoms with Gasteiger partial charge in [0.05, 0.1) is 19.1 Å². The zero-order valence-electron chi connectivity index (χ0n) is 12.2. The van der Waals surface area contributed by atoms with Gasteiger partial charge in [0.2, 0.25) is 5.91 Å². The Morgan fingerprint density at radius 3 is 2.53 bits per heavy atom. The zero-order chi connectivity index (χ0) is 12.9. The molecule has 1 aliphatic rings. The molecule has 1 fully saturated rings. The van der Waals surface area contributed by atoms with Crippen molar-refractivity contribution in [3.05, 3.63) is 0 Å². The van der Waals surface area contributed by atoms with Gasteiger partial charge < -0.3 is 20.3 Å². The van der Waals surface area contributed by atoms with Crippen molar-refractivity contribution < 1.29 is 9.53 Å². The summed E-state index contributed by atoms with van der Waals surface area (Å²) in [6.45, 7) is 7.20. The van der Waals surface area contributed by atoms with Gasteiger partial charge in [-0.05, 0) is 27.9 Å². The first kappa shape index (κ1) is 21.2. The van der Waals surface area contributed by atoms with Crippen LogP contribution in [0.2, 0.25) is 0 Å². The highest BCUT2D eigenvalue weighted by Crippen LogP contribution is 2.08. The Bertz CT molecular complexity index is 257. The number of ether oxygens (including phenoxy) is 1. The smallest absolute Gasteiger partial charge is 0.222 e. The molecular weight excluding hydrogens is 289 g/mol. The molecule has 5 nitrogen and oxygen atoms in total. The third-order valence-corrected chi connectivity index (χ3v) is 3.35. The molecule has 0 aromatic carbocycles. The first-order valence-electron chi connectivity index (χ1n) is 6.18. The Hall–Kier alpha value is -0.0700. The summed E-state index contributed by atoms with van der Waals surface area (Å²) in [7, 11) is 4.03. The lowest BCUT2D eigenvalue weighted by Gasteiger charge is -2.33. The van der Waals surface area contributed by atoms with Gasteiger partial charge in [-0.2, -0.15) is 0 Å². The molecule has 2 N–H and O–H groups in total. The lowest BCUT2D eigenvalue weighted by molar-refractivity contribution is -0.125. The van der Waals surface area contributed by atoms with E-state index in [0.29, 0.717) is 19.6 Å².